The highest BCUT2D eigenvalue weighted by atomic mass is 32.1. The van der Waals surface area contributed by atoms with Crippen molar-refractivity contribution < 1.29 is 22.7 Å². The SMILES string of the molecule is O=C(COc1cccc(F)c1)Nc1nc(-c2cc(F)ccc2F)cs1. The molecule has 0 radical (unpaired) electrons. The van der Waals surface area contributed by atoms with E-state index in [2.05, 4.69) is 10.3 Å². The molecule has 0 aliphatic rings. The summed E-state index contributed by atoms with van der Waals surface area (Å²) in [6.07, 6.45) is 0. The van der Waals surface area contributed by atoms with Crippen LogP contribution in [0, 0.1) is 17.5 Å². The van der Waals surface area contributed by atoms with E-state index < -0.39 is 23.4 Å². The highest BCUT2D eigenvalue weighted by Crippen LogP contribution is 2.27. The van der Waals surface area contributed by atoms with Gasteiger partial charge in [-0.1, -0.05) is 6.07 Å². The molecule has 1 aromatic heterocycles. The summed E-state index contributed by atoms with van der Waals surface area (Å²) in [7, 11) is 0. The molecule has 0 aliphatic carbocycles. The van der Waals surface area contributed by atoms with Crippen LogP contribution in [0.15, 0.2) is 47.8 Å². The van der Waals surface area contributed by atoms with Gasteiger partial charge >= 0.3 is 0 Å². The van der Waals surface area contributed by atoms with Crippen LogP contribution >= 0.6 is 11.3 Å². The number of aromatic nitrogens is 1. The largest absolute Gasteiger partial charge is 0.484 e. The van der Waals surface area contributed by atoms with Crippen molar-refractivity contribution in [1.29, 1.82) is 0 Å². The fourth-order valence-corrected chi connectivity index (χ4v) is 2.74. The second kappa shape index (κ2) is 7.35. The molecule has 0 aliphatic heterocycles. The highest BCUT2D eigenvalue weighted by molar-refractivity contribution is 7.14. The number of hydrogen-bond acceptors (Lipinski definition) is 4. The fourth-order valence-electron chi connectivity index (χ4n) is 2.01. The van der Waals surface area contributed by atoms with E-state index in [1.807, 2.05) is 0 Å². The van der Waals surface area contributed by atoms with Crippen molar-refractivity contribution in [2.45, 2.75) is 0 Å². The quantitative estimate of drug-likeness (QED) is 0.737. The number of nitrogens with one attached hydrogen (secondary N) is 1. The first kappa shape index (κ1) is 17.0. The summed E-state index contributed by atoms with van der Waals surface area (Å²) in [6, 6.07) is 8.45. The topological polar surface area (TPSA) is 51.2 Å². The second-order valence-corrected chi connectivity index (χ2v) is 5.81. The smallest absolute Gasteiger partial charge is 0.264 e. The molecule has 25 heavy (non-hydrogen) atoms. The fraction of sp³-hybridized carbons (Fsp3) is 0.0588. The van der Waals surface area contributed by atoms with Gasteiger partial charge in [0.15, 0.2) is 11.7 Å². The Morgan fingerprint density at radius 1 is 1.12 bits per heavy atom. The van der Waals surface area contributed by atoms with Crippen LogP contribution in [0.5, 0.6) is 5.75 Å². The van der Waals surface area contributed by atoms with Crippen molar-refractivity contribution in [2.75, 3.05) is 11.9 Å². The summed E-state index contributed by atoms with van der Waals surface area (Å²) in [4.78, 5) is 15.9. The average molecular weight is 364 g/mol. The molecule has 8 heteroatoms. The maximum absolute atomic E-state index is 13.7. The van der Waals surface area contributed by atoms with E-state index in [1.165, 1.54) is 23.6 Å². The first-order valence-electron chi connectivity index (χ1n) is 7.10. The number of halogens is 3. The Kier molecular flexibility index (Phi) is 4.99. The Balaban J connectivity index is 1.63. The lowest BCUT2D eigenvalue weighted by Crippen LogP contribution is -2.20. The molecule has 4 nitrogen and oxygen atoms in total. The minimum Gasteiger partial charge on any atom is -0.484 e. The second-order valence-electron chi connectivity index (χ2n) is 4.96. The number of hydrogen-bond donors (Lipinski definition) is 1. The lowest BCUT2D eigenvalue weighted by Gasteiger charge is -2.05. The molecule has 0 atom stereocenters. The Morgan fingerprint density at radius 3 is 2.72 bits per heavy atom. The minimum absolute atomic E-state index is 0.00718. The van der Waals surface area contributed by atoms with Crippen molar-refractivity contribution in [2.24, 2.45) is 0 Å². The third kappa shape index (κ3) is 4.36. The van der Waals surface area contributed by atoms with Gasteiger partial charge in [-0.25, -0.2) is 18.2 Å². The normalized spacial score (nSPS) is 10.5. The van der Waals surface area contributed by atoms with E-state index in [1.54, 1.807) is 0 Å². The summed E-state index contributed by atoms with van der Waals surface area (Å²) in [5.41, 5.74) is 0.219. The number of benzene rings is 2. The van der Waals surface area contributed by atoms with Crippen LogP contribution in [0.4, 0.5) is 18.3 Å². The van der Waals surface area contributed by atoms with Crippen LogP contribution in [0.2, 0.25) is 0 Å². The van der Waals surface area contributed by atoms with Crippen molar-refractivity contribution in [3.63, 3.8) is 0 Å². The highest BCUT2D eigenvalue weighted by Gasteiger charge is 2.12. The lowest BCUT2D eigenvalue weighted by molar-refractivity contribution is -0.118. The maximum atomic E-state index is 13.7. The molecule has 0 bridgehead atoms. The molecule has 1 heterocycles. The minimum atomic E-state index is -0.612. The van der Waals surface area contributed by atoms with Crippen molar-refractivity contribution in [3.8, 4) is 17.0 Å². The number of amides is 1. The molecule has 1 N–H and O–H groups in total. The number of anilines is 1. The zero-order chi connectivity index (χ0) is 17.8. The predicted molar refractivity (Wildman–Crippen MR) is 88.0 cm³/mol. The Labute approximate surface area is 144 Å². The van der Waals surface area contributed by atoms with Gasteiger partial charge in [-0.15, -0.1) is 11.3 Å². The standard InChI is InChI=1S/C17H11F3N2O2S/c18-10-2-1-3-12(6-10)24-8-16(23)22-17-21-15(9-25-17)13-7-11(19)4-5-14(13)20/h1-7,9H,8H2,(H,21,22,23). The summed E-state index contributed by atoms with van der Waals surface area (Å²) in [6.45, 7) is -0.341. The number of thiazole rings is 1. The van der Waals surface area contributed by atoms with Crippen LogP contribution < -0.4 is 10.1 Å². The van der Waals surface area contributed by atoms with Gasteiger partial charge < -0.3 is 4.74 Å². The van der Waals surface area contributed by atoms with Crippen LogP contribution in [-0.2, 0) is 4.79 Å². The van der Waals surface area contributed by atoms with Gasteiger partial charge in [-0.2, -0.15) is 0 Å². The lowest BCUT2D eigenvalue weighted by atomic mass is 10.1. The van der Waals surface area contributed by atoms with E-state index in [0.717, 1.165) is 35.6 Å². The number of carbonyl (C=O) groups excluding carboxylic acids is 1. The molecule has 0 saturated heterocycles. The molecule has 3 rings (SSSR count). The van der Waals surface area contributed by atoms with E-state index in [9.17, 15) is 18.0 Å². The van der Waals surface area contributed by atoms with Gasteiger partial charge in [0, 0.05) is 17.0 Å². The van der Waals surface area contributed by atoms with E-state index in [4.69, 9.17) is 4.74 Å². The molecule has 0 spiro atoms. The molecule has 128 valence electrons. The first-order chi connectivity index (χ1) is 12.0. The van der Waals surface area contributed by atoms with Gasteiger partial charge in [0.2, 0.25) is 0 Å². The Morgan fingerprint density at radius 2 is 1.92 bits per heavy atom. The van der Waals surface area contributed by atoms with E-state index >= 15 is 0 Å². The van der Waals surface area contributed by atoms with Crippen LogP contribution in [0.1, 0.15) is 0 Å². The summed E-state index contributed by atoms with van der Waals surface area (Å²) in [5, 5.41) is 4.20. The molecular weight excluding hydrogens is 353 g/mol. The van der Waals surface area contributed by atoms with E-state index in [-0.39, 0.29) is 28.7 Å². The molecule has 0 fully saturated rings. The molecule has 0 unspecified atom stereocenters. The van der Waals surface area contributed by atoms with Gasteiger partial charge in [0.05, 0.1) is 5.69 Å². The van der Waals surface area contributed by atoms with Gasteiger partial charge in [0.1, 0.15) is 23.2 Å². The number of nitrogens with zero attached hydrogens (tertiary/aromatic N) is 1. The zero-order valence-electron chi connectivity index (χ0n) is 12.6. The summed E-state index contributed by atoms with van der Waals surface area (Å²) in [5.74, 6) is -1.96. The molecule has 1 amide bonds. The summed E-state index contributed by atoms with van der Waals surface area (Å²) < 4.78 is 45.1. The van der Waals surface area contributed by atoms with Crippen LogP contribution in [-0.4, -0.2) is 17.5 Å². The number of rotatable bonds is 5. The molecular formula is C17H11F3N2O2S. The maximum Gasteiger partial charge on any atom is 0.264 e. The third-order valence-corrected chi connectivity index (χ3v) is 3.88. The van der Waals surface area contributed by atoms with Gasteiger partial charge in [-0.05, 0) is 30.3 Å². The molecule has 3 aromatic rings. The van der Waals surface area contributed by atoms with Crippen LogP contribution in [0.3, 0.4) is 0 Å². The van der Waals surface area contributed by atoms with Crippen molar-refractivity contribution >= 4 is 22.4 Å². The zero-order valence-corrected chi connectivity index (χ0v) is 13.4. The molecule has 2 aromatic carbocycles. The number of carbonyl (C=O) groups is 1. The van der Waals surface area contributed by atoms with Gasteiger partial charge in [0.25, 0.3) is 5.91 Å². The monoisotopic (exact) mass is 364 g/mol. The number of ether oxygens (including phenoxy) is 1. The Hall–Kier alpha value is -2.87. The average Bonchev–Trinajstić information content (AvgIpc) is 3.03. The predicted octanol–water partition coefficient (Wildman–Crippen LogP) is 4.24. The van der Waals surface area contributed by atoms with Crippen LogP contribution in [0.25, 0.3) is 11.3 Å². The third-order valence-electron chi connectivity index (χ3n) is 3.12. The molecule has 0 saturated carbocycles. The van der Waals surface area contributed by atoms with Crippen molar-refractivity contribution in [3.05, 3.63) is 65.3 Å². The summed E-state index contributed by atoms with van der Waals surface area (Å²) >= 11 is 1.06. The van der Waals surface area contributed by atoms with E-state index in [0.29, 0.717) is 0 Å². The van der Waals surface area contributed by atoms with Gasteiger partial charge in [-0.3, -0.25) is 10.1 Å². The first-order valence-corrected chi connectivity index (χ1v) is 7.98. The Bertz CT molecular complexity index is 914. The van der Waals surface area contributed by atoms with Crippen molar-refractivity contribution in [1.82, 2.24) is 4.98 Å².